The van der Waals surface area contributed by atoms with Crippen LogP contribution in [-0.4, -0.2) is 4.57 Å². The number of fused-ring (bicyclic) bond motifs is 4. The van der Waals surface area contributed by atoms with E-state index in [1.807, 2.05) is 0 Å². The third-order valence-electron chi connectivity index (χ3n) is 9.72. The molecule has 0 saturated carbocycles. The van der Waals surface area contributed by atoms with E-state index in [4.69, 9.17) is 0 Å². The maximum Gasteiger partial charge on any atom is 0.0541 e. The van der Waals surface area contributed by atoms with Gasteiger partial charge < -0.3 is 4.57 Å². The standard InChI is InChI=1S/C44H27N/c1-2-9-31-26-33(17-16-28(31)8-1)36-23-19-30-20-24-39-35(22-18-29-21-25-40(36)44(30)43(29)39)32-10-7-11-34(27-32)45-41-14-5-3-12-37(41)38-13-4-6-15-42(38)45/h1-27H. The molecule has 0 atom stereocenters. The molecule has 0 aliphatic rings. The Hall–Kier alpha value is -5.92. The summed E-state index contributed by atoms with van der Waals surface area (Å²) in [6, 6.07) is 60.3. The molecular weight excluding hydrogens is 542 g/mol. The Bertz CT molecular complexity index is 2710. The second-order valence-electron chi connectivity index (χ2n) is 12.1. The molecule has 1 heterocycles. The van der Waals surface area contributed by atoms with Crippen LogP contribution in [0.15, 0.2) is 164 Å². The van der Waals surface area contributed by atoms with Gasteiger partial charge in [-0.25, -0.2) is 0 Å². The average molecular weight is 570 g/mol. The maximum absolute atomic E-state index is 2.40. The molecular formula is C44H27N. The van der Waals surface area contributed by atoms with Crippen LogP contribution in [0.2, 0.25) is 0 Å². The predicted octanol–water partition coefficient (Wildman–Crippen LogP) is 12.2. The summed E-state index contributed by atoms with van der Waals surface area (Å²) < 4.78 is 2.40. The largest absolute Gasteiger partial charge is 0.309 e. The smallest absolute Gasteiger partial charge is 0.0541 e. The molecule has 9 aromatic carbocycles. The molecule has 0 radical (unpaired) electrons. The average Bonchev–Trinajstić information content (AvgIpc) is 3.45. The Balaban J connectivity index is 1.20. The van der Waals surface area contributed by atoms with Gasteiger partial charge in [0.15, 0.2) is 0 Å². The molecule has 10 rings (SSSR count). The SMILES string of the molecule is c1cc(-c2ccc3ccc4c(-c5ccc6ccccc6c5)ccc5ccc2c3c54)cc(-n2c3ccccc3c3ccccc32)c1. The predicted molar refractivity (Wildman–Crippen MR) is 193 cm³/mol. The molecule has 0 saturated heterocycles. The number of para-hydroxylation sites is 2. The molecule has 0 fully saturated rings. The summed E-state index contributed by atoms with van der Waals surface area (Å²) in [6.07, 6.45) is 0. The van der Waals surface area contributed by atoms with Gasteiger partial charge in [0.2, 0.25) is 0 Å². The summed E-state index contributed by atoms with van der Waals surface area (Å²) in [5.41, 5.74) is 8.65. The van der Waals surface area contributed by atoms with E-state index in [2.05, 4.69) is 168 Å². The lowest BCUT2D eigenvalue weighted by molar-refractivity contribution is 1.18. The fourth-order valence-electron chi connectivity index (χ4n) is 7.67. The van der Waals surface area contributed by atoms with Crippen molar-refractivity contribution in [2.45, 2.75) is 0 Å². The molecule has 0 aliphatic carbocycles. The third kappa shape index (κ3) is 3.56. The number of hydrogen-bond donors (Lipinski definition) is 0. The van der Waals surface area contributed by atoms with Crippen LogP contribution in [0.25, 0.3) is 92.8 Å². The van der Waals surface area contributed by atoms with Gasteiger partial charge in [-0.05, 0) is 95.7 Å². The topological polar surface area (TPSA) is 4.93 Å². The van der Waals surface area contributed by atoms with Crippen molar-refractivity contribution in [3.8, 4) is 27.9 Å². The molecule has 208 valence electrons. The van der Waals surface area contributed by atoms with E-state index in [0.29, 0.717) is 0 Å². The van der Waals surface area contributed by atoms with E-state index in [1.54, 1.807) is 0 Å². The Morgan fingerprint density at radius 3 is 1.51 bits per heavy atom. The highest BCUT2D eigenvalue weighted by atomic mass is 15.0. The lowest BCUT2D eigenvalue weighted by Crippen LogP contribution is -1.94. The van der Waals surface area contributed by atoms with Crippen LogP contribution in [0.4, 0.5) is 0 Å². The van der Waals surface area contributed by atoms with E-state index in [1.165, 1.54) is 92.8 Å². The molecule has 0 aliphatic heterocycles. The Kier molecular flexibility index (Phi) is 5.06. The Morgan fingerprint density at radius 2 is 0.844 bits per heavy atom. The first-order chi connectivity index (χ1) is 22.3. The zero-order valence-electron chi connectivity index (χ0n) is 24.5. The molecule has 1 aromatic heterocycles. The van der Waals surface area contributed by atoms with Gasteiger partial charge >= 0.3 is 0 Å². The fraction of sp³-hybridized carbons (Fsp3) is 0. The van der Waals surface area contributed by atoms with Crippen LogP contribution in [0.1, 0.15) is 0 Å². The van der Waals surface area contributed by atoms with Crippen molar-refractivity contribution in [2.75, 3.05) is 0 Å². The van der Waals surface area contributed by atoms with Gasteiger partial charge in [0, 0.05) is 16.5 Å². The van der Waals surface area contributed by atoms with Gasteiger partial charge in [-0.15, -0.1) is 0 Å². The van der Waals surface area contributed by atoms with Crippen molar-refractivity contribution in [1.82, 2.24) is 4.57 Å². The lowest BCUT2D eigenvalue weighted by atomic mass is 9.87. The first-order valence-electron chi connectivity index (χ1n) is 15.6. The lowest BCUT2D eigenvalue weighted by Gasteiger charge is -2.17. The van der Waals surface area contributed by atoms with Crippen molar-refractivity contribution in [1.29, 1.82) is 0 Å². The highest BCUT2D eigenvalue weighted by molar-refractivity contribution is 6.27. The van der Waals surface area contributed by atoms with Crippen molar-refractivity contribution < 1.29 is 0 Å². The Labute approximate surface area is 260 Å². The van der Waals surface area contributed by atoms with Crippen LogP contribution < -0.4 is 0 Å². The number of rotatable bonds is 3. The van der Waals surface area contributed by atoms with Crippen LogP contribution in [0, 0.1) is 0 Å². The van der Waals surface area contributed by atoms with Crippen molar-refractivity contribution in [3.05, 3.63) is 164 Å². The summed E-state index contributed by atoms with van der Waals surface area (Å²) in [4.78, 5) is 0. The van der Waals surface area contributed by atoms with Crippen molar-refractivity contribution >= 4 is 64.9 Å². The first kappa shape index (κ1) is 24.5. The highest BCUT2D eigenvalue weighted by Gasteiger charge is 2.16. The molecule has 45 heavy (non-hydrogen) atoms. The van der Waals surface area contributed by atoms with Crippen LogP contribution in [-0.2, 0) is 0 Å². The van der Waals surface area contributed by atoms with Crippen LogP contribution in [0.5, 0.6) is 0 Å². The van der Waals surface area contributed by atoms with Gasteiger partial charge in [-0.3, -0.25) is 0 Å². The van der Waals surface area contributed by atoms with Crippen molar-refractivity contribution in [3.63, 3.8) is 0 Å². The molecule has 0 unspecified atom stereocenters. The van der Waals surface area contributed by atoms with E-state index >= 15 is 0 Å². The minimum atomic E-state index is 1.18. The normalized spacial score (nSPS) is 12.0. The van der Waals surface area contributed by atoms with Crippen LogP contribution in [0.3, 0.4) is 0 Å². The quantitative estimate of drug-likeness (QED) is 0.187. The highest BCUT2D eigenvalue weighted by Crippen LogP contribution is 2.43. The second kappa shape index (κ2) is 9.29. The number of nitrogens with zero attached hydrogens (tertiary/aromatic N) is 1. The van der Waals surface area contributed by atoms with E-state index in [9.17, 15) is 0 Å². The monoisotopic (exact) mass is 569 g/mol. The summed E-state index contributed by atoms with van der Waals surface area (Å²) in [5, 5.41) is 12.9. The molecule has 10 aromatic rings. The molecule has 0 bridgehead atoms. The minimum Gasteiger partial charge on any atom is -0.309 e. The van der Waals surface area contributed by atoms with E-state index < -0.39 is 0 Å². The summed E-state index contributed by atoms with van der Waals surface area (Å²) >= 11 is 0. The van der Waals surface area contributed by atoms with Gasteiger partial charge in [0.05, 0.1) is 11.0 Å². The maximum atomic E-state index is 2.40. The zero-order chi connectivity index (χ0) is 29.5. The third-order valence-corrected chi connectivity index (χ3v) is 9.72. The summed E-state index contributed by atoms with van der Waals surface area (Å²) in [6.45, 7) is 0. The van der Waals surface area contributed by atoms with Gasteiger partial charge in [0.1, 0.15) is 0 Å². The van der Waals surface area contributed by atoms with Crippen molar-refractivity contribution in [2.24, 2.45) is 0 Å². The van der Waals surface area contributed by atoms with Crippen LogP contribution >= 0.6 is 0 Å². The number of aromatic nitrogens is 1. The number of hydrogen-bond acceptors (Lipinski definition) is 0. The summed E-state index contributed by atoms with van der Waals surface area (Å²) in [7, 11) is 0. The van der Waals surface area contributed by atoms with Gasteiger partial charge in [0.25, 0.3) is 0 Å². The fourth-order valence-corrected chi connectivity index (χ4v) is 7.67. The molecule has 0 N–H and O–H groups in total. The summed E-state index contributed by atoms with van der Waals surface area (Å²) in [5.74, 6) is 0. The van der Waals surface area contributed by atoms with Gasteiger partial charge in [-0.1, -0.05) is 133 Å². The second-order valence-corrected chi connectivity index (χ2v) is 12.1. The zero-order valence-corrected chi connectivity index (χ0v) is 24.5. The molecule has 0 amide bonds. The Morgan fingerprint density at radius 1 is 0.311 bits per heavy atom. The molecule has 1 nitrogen and oxygen atoms in total. The molecule has 0 spiro atoms. The minimum absolute atomic E-state index is 1.18. The van der Waals surface area contributed by atoms with Gasteiger partial charge in [-0.2, -0.15) is 0 Å². The van der Waals surface area contributed by atoms with E-state index in [0.717, 1.165) is 0 Å². The molecule has 1 heteroatoms. The first-order valence-corrected chi connectivity index (χ1v) is 15.6. The van der Waals surface area contributed by atoms with E-state index in [-0.39, 0.29) is 0 Å². The number of benzene rings is 9.